The van der Waals surface area contributed by atoms with Crippen LogP contribution in [0.2, 0.25) is 0 Å². The Balaban J connectivity index is 1.84. The Morgan fingerprint density at radius 1 is 1.20 bits per heavy atom. The summed E-state index contributed by atoms with van der Waals surface area (Å²) in [6.45, 7) is 2.73. The van der Waals surface area contributed by atoms with Gasteiger partial charge in [0.05, 0.1) is 13.2 Å². The molecule has 2 fully saturated rings. The summed E-state index contributed by atoms with van der Waals surface area (Å²) in [6.07, 6.45) is 2.61. The fraction of sp³-hybridized carbons (Fsp3) is 0.538. The third-order valence-electron chi connectivity index (χ3n) is 3.73. The molecule has 15 heavy (non-hydrogen) atoms. The maximum Gasteiger partial charge on any atom is 0.0629 e. The Morgan fingerprint density at radius 2 is 2.00 bits per heavy atom. The van der Waals surface area contributed by atoms with Crippen LogP contribution in [0, 0.1) is 0 Å². The number of hydrogen-bond acceptors (Lipinski definition) is 2. The molecule has 0 radical (unpaired) electrons. The molecule has 2 heteroatoms. The van der Waals surface area contributed by atoms with E-state index in [1.165, 1.54) is 18.4 Å². The molecule has 1 unspecified atom stereocenters. The van der Waals surface area contributed by atoms with Crippen LogP contribution in [0.4, 0.5) is 0 Å². The van der Waals surface area contributed by atoms with Gasteiger partial charge in [0, 0.05) is 18.0 Å². The third-order valence-corrected chi connectivity index (χ3v) is 3.73. The fourth-order valence-electron chi connectivity index (χ4n) is 2.66. The van der Waals surface area contributed by atoms with E-state index in [9.17, 15) is 0 Å². The minimum atomic E-state index is 0.377. The van der Waals surface area contributed by atoms with Gasteiger partial charge in [-0.25, -0.2) is 0 Å². The topological polar surface area (TPSA) is 21.3 Å². The van der Waals surface area contributed by atoms with Crippen molar-refractivity contribution in [1.29, 1.82) is 0 Å². The second-order valence-electron chi connectivity index (χ2n) is 4.60. The highest BCUT2D eigenvalue weighted by molar-refractivity contribution is 5.34. The van der Waals surface area contributed by atoms with Crippen molar-refractivity contribution in [3.63, 3.8) is 0 Å². The molecule has 1 aromatic carbocycles. The average Bonchev–Trinajstić information content (AvgIpc) is 3.13. The summed E-state index contributed by atoms with van der Waals surface area (Å²) in [5, 5.41) is 3.60. The van der Waals surface area contributed by atoms with Gasteiger partial charge in [-0.3, -0.25) is 0 Å². The Bertz CT molecular complexity index is 326. The van der Waals surface area contributed by atoms with Gasteiger partial charge in [0.25, 0.3) is 0 Å². The van der Waals surface area contributed by atoms with Gasteiger partial charge in [0.15, 0.2) is 0 Å². The highest BCUT2D eigenvalue weighted by Crippen LogP contribution is 2.51. The van der Waals surface area contributed by atoms with E-state index in [-0.39, 0.29) is 0 Å². The van der Waals surface area contributed by atoms with Gasteiger partial charge in [-0.2, -0.15) is 0 Å². The molecular weight excluding hydrogens is 186 g/mol. The Morgan fingerprint density at radius 3 is 2.60 bits per heavy atom. The van der Waals surface area contributed by atoms with Gasteiger partial charge in [-0.05, 0) is 18.4 Å². The molecule has 1 N–H and O–H groups in total. The Labute approximate surface area is 90.6 Å². The first-order valence-electron chi connectivity index (χ1n) is 5.78. The van der Waals surface area contributed by atoms with Crippen molar-refractivity contribution in [3.05, 3.63) is 35.9 Å². The zero-order valence-corrected chi connectivity index (χ0v) is 8.91. The number of morpholine rings is 1. The molecule has 0 bridgehead atoms. The summed E-state index contributed by atoms with van der Waals surface area (Å²) in [4.78, 5) is 0. The van der Waals surface area contributed by atoms with Gasteiger partial charge < -0.3 is 10.1 Å². The van der Waals surface area contributed by atoms with Gasteiger partial charge in [-0.1, -0.05) is 30.3 Å². The number of rotatable bonds is 2. The minimum absolute atomic E-state index is 0.377. The van der Waals surface area contributed by atoms with E-state index < -0.39 is 0 Å². The standard InChI is InChI=1S/C13H17NO/c1-2-4-11(5-3-1)13(6-7-13)12-10-15-9-8-14-12/h1-5,12,14H,6-10H2. The molecule has 0 aromatic heterocycles. The van der Waals surface area contributed by atoms with E-state index in [4.69, 9.17) is 4.74 Å². The summed E-state index contributed by atoms with van der Waals surface area (Å²) in [5.41, 5.74) is 1.86. The molecule has 1 aliphatic heterocycles. The number of nitrogens with one attached hydrogen (secondary N) is 1. The normalized spacial score (nSPS) is 28.7. The lowest BCUT2D eigenvalue weighted by molar-refractivity contribution is 0.0641. The van der Waals surface area contributed by atoms with Crippen LogP contribution in [0.3, 0.4) is 0 Å². The van der Waals surface area contributed by atoms with Crippen LogP contribution in [-0.2, 0) is 10.2 Å². The van der Waals surface area contributed by atoms with Crippen LogP contribution in [0.5, 0.6) is 0 Å². The predicted octanol–water partition coefficient (Wildman–Crippen LogP) is 1.71. The Kier molecular flexibility index (Phi) is 2.26. The molecule has 80 valence electrons. The van der Waals surface area contributed by atoms with Crippen molar-refractivity contribution < 1.29 is 4.74 Å². The van der Waals surface area contributed by atoms with Crippen molar-refractivity contribution in [2.75, 3.05) is 19.8 Å². The first-order valence-corrected chi connectivity index (χ1v) is 5.78. The average molecular weight is 203 g/mol. The third kappa shape index (κ3) is 1.58. The second-order valence-corrected chi connectivity index (χ2v) is 4.60. The number of benzene rings is 1. The zero-order valence-electron chi connectivity index (χ0n) is 8.91. The van der Waals surface area contributed by atoms with Gasteiger partial charge in [-0.15, -0.1) is 0 Å². The molecule has 1 aromatic rings. The fourth-order valence-corrected chi connectivity index (χ4v) is 2.66. The molecule has 1 saturated carbocycles. The smallest absolute Gasteiger partial charge is 0.0629 e. The first-order chi connectivity index (χ1) is 7.42. The summed E-state index contributed by atoms with van der Waals surface area (Å²) >= 11 is 0. The van der Waals surface area contributed by atoms with Crippen LogP contribution in [-0.4, -0.2) is 25.8 Å². The SMILES string of the molecule is c1ccc(C2(C3COCCN3)CC2)cc1. The molecule has 0 amide bonds. The highest BCUT2D eigenvalue weighted by atomic mass is 16.5. The van der Waals surface area contributed by atoms with Gasteiger partial charge in [0.2, 0.25) is 0 Å². The van der Waals surface area contributed by atoms with Crippen LogP contribution in [0.1, 0.15) is 18.4 Å². The minimum Gasteiger partial charge on any atom is -0.378 e. The lowest BCUT2D eigenvalue weighted by Crippen LogP contribution is -2.48. The predicted molar refractivity (Wildman–Crippen MR) is 60.0 cm³/mol. The van der Waals surface area contributed by atoms with Crippen LogP contribution in [0.15, 0.2) is 30.3 Å². The van der Waals surface area contributed by atoms with E-state index in [1.54, 1.807) is 0 Å². The molecule has 1 atom stereocenters. The molecule has 2 aliphatic rings. The first kappa shape index (κ1) is 9.37. The quantitative estimate of drug-likeness (QED) is 0.790. The summed E-state index contributed by atoms with van der Waals surface area (Å²) in [6, 6.07) is 11.4. The Hall–Kier alpha value is -0.860. The lowest BCUT2D eigenvalue weighted by atomic mass is 9.88. The van der Waals surface area contributed by atoms with Crippen molar-refractivity contribution in [2.24, 2.45) is 0 Å². The summed E-state index contributed by atoms with van der Waals surface area (Å²) in [5.74, 6) is 0. The van der Waals surface area contributed by atoms with Gasteiger partial charge >= 0.3 is 0 Å². The largest absolute Gasteiger partial charge is 0.378 e. The van der Waals surface area contributed by atoms with E-state index in [0.717, 1.165) is 19.8 Å². The zero-order chi connectivity index (χ0) is 10.1. The molecule has 1 saturated heterocycles. The summed E-state index contributed by atoms with van der Waals surface area (Å²) < 4.78 is 5.57. The lowest BCUT2D eigenvalue weighted by Gasteiger charge is -2.31. The van der Waals surface area contributed by atoms with Crippen molar-refractivity contribution in [2.45, 2.75) is 24.3 Å². The monoisotopic (exact) mass is 203 g/mol. The molecular formula is C13H17NO. The van der Waals surface area contributed by atoms with Crippen LogP contribution >= 0.6 is 0 Å². The van der Waals surface area contributed by atoms with Crippen molar-refractivity contribution in [1.82, 2.24) is 5.32 Å². The maximum atomic E-state index is 5.57. The maximum absolute atomic E-state index is 5.57. The highest BCUT2D eigenvalue weighted by Gasteiger charge is 2.50. The molecule has 1 aliphatic carbocycles. The van der Waals surface area contributed by atoms with Crippen LogP contribution < -0.4 is 5.32 Å². The molecule has 2 nitrogen and oxygen atoms in total. The van der Waals surface area contributed by atoms with E-state index in [0.29, 0.717) is 11.5 Å². The summed E-state index contributed by atoms with van der Waals surface area (Å²) in [7, 11) is 0. The van der Waals surface area contributed by atoms with Gasteiger partial charge in [0.1, 0.15) is 0 Å². The number of ether oxygens (including phenoxy) is 1. The van der Waals surface area contributed by atoms with Crippen molar-refractivity contribution in [3.8, 4) is 0 Å². The molecule has 0 spiro atoms. The number of hydrogen-bond donors (Lipinski definition) is 1. The van der Waals surface area contributed by atoms with Crippen molar-refractivity contribution >= 4 is 0 Å². The van der Waals surface area contributed by atoms with E-state index in [2.05, 4.69) is 35.6 Å². The molecule has 3 rings (SSSR count). The van der Waals surface area contributed by atoms with Crippen LogP contribution in [0.25, 0.3) is 0 Å². The van der Waals surface area contributed by atoms with E-state index in [1.807, 2.05) is 0 Å². The molecule has 1 heterocycles. The van der Waals surface area contributed by atoms with E-state index >= 15 is 0 Å². The second kappa shape index (κ2) is 3.62.